The lowest BCUT2D eigenvalue weighted by atomic mass is 10.2. The maximum Gasteiger partial charge on any atom is 0.262 e. The van der Waals surface area contributed by atoms with E-state index in [0.29, 0.717) is 34.6 Å². The molecular weight excluding hydrogens is 330 g/mol. The van der Waals surface area contributed by atoms with Crippen molar-refractivity contribution in [1.29, 1.82) is 0 Å². The summed E-state index contributed by atoms with van der Waals surface area (Å²) in [7, 11) is 1.52. The van der Waals surface area contributed by atoms with Crippen LogP contribution in [0.3, 0.4) is 0 Å². The van der Waals surface area contributed by atoms with Crippen LogP contribution >= 0.6 is 11.6 Å². The summed E-state index contributed by atoms with van der Waals surface area (Å²) in [6, 6.07) is 10.6. The van der Waals surface area contributed by atoms with Crippen molar-refractivity contribution < 1.29 is 19.0 Å². The van der Waals surface area contributed by atoms with Gasteiger partial charge in [0.25, 0.3) is 5.91 Å². The average Bonchev–Trinajstić information content (AvgIpc) is 2.57. The number of ether oxygens (including phenoxy) is 3. The third-order valence-corrected chi connectivity index (χ3v) is 3.67. The first-order valence-corrected chi connectivity index (χ1v) is 7.91. The second-order valence-corrected chi connectivity index (χ2v) is 5.43. The molecule has 2 aromatic rings. The van der Waals surface area contributed by atoms with Crippen LogP contribution in [0.2, 0.25) is 5.02 Å². The number of nitrogens with one attached hydrogen (secondary N) is 1. The fraction of sp³-hybridized carbons (Fsp3) is 0.278. The van der Waals surface area contributed by atoms with E-state index in [-0.39, 0.29) is 12.5 Å². The van der Waals surface area contributed by atoms with E-state index in [0.717, 1.165) is 5.56 Å². The molecule has 0 saturated heterocycles. The zero-order valence-electron chi connectivity index (χ0n) is 13.9. The highest BCUT2D eigenvalue weighted by Gasteiger charge is 2.12. The highest BCUT2D eigenvalue weighted by Crippen LogP contribution is 2.31. The largest absolute Gasteiger partial charge is 0.495 e. The first kappa shape index (κ1) is 17.9. The van der Waals surface area contributed by atoms with Gasteiger partial charge in [-0.25, -0.2) is 0 Å². The summed E-state index contributed by atoms with van der Waals surface area (Å²) in [5.74, 6) is 1.32. The van der Waals surface area contributed by atoms with E-state index in [2.05, 4.69) is 5.32 Å². The number of halogens is 1. The molecule has 0 unspecified atom stereocenters. The van der Waals surface area contributed by atoms with Crippen molar-refractivity contribution in [2.45, 2.75) is 13.8 Å². The quantitative estimate of drug-likeness (QED) is 0.818. The maximum absolute atomic E-state index is 12.2. The molecule has 0 aliphatic rings. The second kappa shape index (κ2) is 8.45. The van der Waals surface area contributed by atoms with Crippen LogP contribution in [0.1, 0.15) is 12.5 Å². The van der Waals surface area contributed by atoms with Gasteiger partial charge in [0.2, 0.25) is 0 Å². The SMILES string of the molecule is CCOc1ccccc1OCC(=O)Nc1cc(C)c(Cl)cc1OC. The van der Waals surface area contributed by atoms with E-state index in [1.807, 2.05) is 26.0 Å². The van der Waals surface area contributed by atoms with E-state index in [1.165, 1.54) is 7.11 Å². The topological polar surface area (TPSA) is 56.8 Å². The summed E-state index contributed by atoms with van der Waals surface area (Å²) >= 11 is 6.06. The summed E-state index contributed by atoms with van der Waals surface area (Å²) in [6.07, 6.45) is 0. The second-order valence-electron chi connectivity index (χ2n) is 5.02. The van der Waals surface area contributed by atoms with Crippen molar-refractivity contribution in [3.05, 3.63) is 47.0 Å². The minimum atomic E-state index is -0.304. The Morgan fingerprint density at radius 1 is 1.12 bits per heavy atom. The van der Waals surface area contributed by atoms with Gasteiger partial charge in [0.05, 0.1) is 19.4 Å². The molecule has 0 aliphatic heterocycles. The highest BCUT2D eigenvalue weighted by atomic mass is 35.5. The molecule has 0 fully saturated rings. The van der Waals surface area contributed by atoms with Crippen LogP contribution < -0.4 is 19.5 Å². The van der Waals surface area contributed by atoms with Crippen molar-refractivity contribution in [3.63, 3.8) is 0 Å². The summed E-state index contributed by atoms with van der Waals surface area (Å²) in [5, 5.41) is 3.34. The van der Waals surface area contributed by atoms with E-state index in [4.69, 9.17) is 25.8 Å². The smallest absolute Gasteiger partial charge is 0.262 e. The van der Waals surface area contributed by atoms with Crippen molar-refractivity contribution >= 4 is 23.2 Å². The first-order valence-electron chi connectivity index (χ1n) is 7.53. The van der Waals surface area contributed by atoms with Crippen molar-refractivity contribution in [1.82, 2.24) is 0 Å². The average molecular weight is 350 g/mol. The molecule has 128 valence electrons. The Balaban J connectivity index is 2.03. The Morgan fingerprint density at radius 3 is 2.42 bits per heavy atom. The molecule has 24 heavy (non-hydrogen) atoms. The van der Waals surface area contributed by atoms with Crippen molar-refractivity contribution in [2.24, 2.45) is 0 Å². The van der Waals surface area contributed by atoms with Crippen molar-refractivity contribution in [3.8, 4) is 17.2 Å². The highest BCUT2D eigenvalue weighted by molar-refractivity contribution is 6.31. The molecule has 5 nitrogen and oxygen atoms in total. The van der Waals surface area contributed by atoms with E-state index >= 15 is 0 Å². The number of amides is 1. The standard InChI is InChI=1S/C18H20ClNO4/c1-4-23-15-7-5-6-8-16(15)24-11-18(21)20-14-9-12(2)13(19)10-17(14)22-3/h5-10H,4,11H2,1-3H3,(H,20,21). The molecule has 2 rings (SSSR count). The number of hydrogen-bond donors (Lipinski definition) is 1. The number of hydrogen-bond acceptors (Lipinski definition) is 4. The minimum absolute atomic E-state index is 0.144. The molecular formula is C18H20ClNO4. The number of carbonyl (C=O) groups excluding carboxylic acids is 1. The number of methoxy groups -OCH3 is 1. The normalized spacial score (nSPS) is 10.2. The number of anilines is 1. The first-order chi connectivity index (χ1) is 11.5. The molecule has 0 heterocycles. The molecule has 1 N–H and O–H groups in total. The van der Waals surface area contributed by atoms with E-state index in [1.54, 1.807) is 24.3 Å². The van der Waals surface area contributed by atoms with Gasteiger partial charge in [-0.1, -0.05) is 23.7 Å². The minimum Gasteiger partial charge on any atom is -0.495 e. The number of benzene rings is 2. The summed E-state index contributed by atoms with van der Waals surface area (Å²) in [5.41, 5.74) is 1.39. The van der Waals surface area contributed by atoms with E-state index < -0.39 is 0 Å². The molecule has 6 heteroatoms. The summed E-state index contributed by atoms with van der Waals surface area (Å²) in [4.78, 5) is 12.2. The van der Waals surface area contributed by atoms with Crippen LogP contribution in [0.5, 0.6) is 17.2 Å². The van der Waals surface area contributed by atoms with Gasteiger partial charge in [-0.2, -0.15) is 0 Å². The molecule has 0 saturated carbocycles. The van der Waals surface area contributed by atoms with E-state index in [9.17, 15) is 4.79 Å². The summed E-state index contributed by atoms with van der Waals surface area (Å²) in [6.45, 7) is 4.12. The number of carbonyl (C=O) groups is 1. The molecule has 1 amide bonds. The Labute approximate surface area is 146 Å². The lowest BCUT2D eigenvalue weighted by Gasteiger charge is -2.14. The number of para-hydroxylation sites is 2. The van der Waals surface area contributed by atoms with Gasteiger partial charge in [0, 0.05) is 11.1 Å². The lowest BCUT2D eigenvalue weighted by molar-refractivity contribution is -0.118. The van der Waals surface area contributed by atoms with Gasteiger partial charge in [-0.3, -0.25) is 4.79 Å². The summed E-state index contributed by atoms with van der Waals surface area (Å²) < 4.78 is 16.2. The van der Waals surface area contributed by atoms with Crippen LogP contribution in [0.4, 0.5) is 5.69 Å². The third-order valence-electron chi connectivity index (χ3n) is 3.26. The fourth-order valence-corrected chi connectivity index (χ4v) is 2.26. The fourth-order valence-electron chi connectivity index (χ4n) is 2.10. The number of rotatable bonds is 7. The van der Waals surface area contributed by atoms with Gasteiger partial charge in [-0.15, -0.1) is 0 Å². The lowest BCUT2D eigenvalue weighted by Crippen LogP contribution is -2.20. The van der Waals surface area contributed by atoms with Crippen LogP contribution in [-0.2, 0) is 4.79 Å². The third kappa shape index (κ3) is 4.55. The van der Waals surface area contributed by atoms with Crippen LogP contribution in [-0.4, -0.2) is 26.2 Å². The Kier molecular flexibility index (Phi) is 6.32. The molecule has 0 bridgehead atoms. The zero-order chi connectivity index (χ0) is 17.5. The molecule has 0 atom stereocenters. The zero-order valence-corrected chi connectivity index (χ0v) is 14.6. The van der Waals surface area contributed by atoms with Crippen LogP contribution in [0.15, 0.2) is 36.4 Å². The molecule has 0 aliphatic carbocycles. The van der Waals surface area contributed by atoms with Crippen LogP contribution in [0.25, 0.3) is 0 Å². The van der Waals surface area contributed by atoms with Gasteiger partial charge < -0.3 is 19.5 Å². The molecule has 0 spiro atoms. The van der Waals surface area contributed by atoms with Gasteiger partial charge >= 0.3 is 0 Å². The van der Waals surface area contributed by atoms with Gasteiger partial charge in [0.15, 0.2) is 18.1 Å². The van der Waals surface area contributed by atoms with Gasteiger partial charge in [-0.05, 0) is 37.6 Å². The Hall–Kier alpha value is -2.40. The molecule has 0 aromatic heterocycles. The monoisotopic (exact) mass is 349 g/mol. The predicted octanol–water partition coefficient (Wildman–Crippen LogP) is 4.07. The van der Waals surface area contributed by atoms with Crippen molar-refractivity contribution in [2.75, 3.05) is 25.6 Å². The van der Waals surface area contributed by atoms with Gasteiger partial charge in [0.1, 0.15) is 5.75 Å². The Morgan fingerprint density at radius 2 is 1.79 bits per heavy atom. The molecule has 2 aromatic carbocycles. The van der Waals surface area contributed by atoms with Crippen LogP contribution in [0, 0.1) is 6.92 Å². The Bertz CT molecular complexity index is 718. The predicted molar refractivity (Wildman–Crippen MR) is 94.5 cm³/mol. The maximum atomic E-state index is 12.2. The molecule has 0 radical (unpaired) electrons. The number of aryl methyl sites for hydroxylation is 1.